The third-order valence-corrected chi connectivity index (χ3v) is 17.4. The fourth-order valence-corrected chi connectivity index (χ4v) is 13.6. The Labute approximate surface area is 113 Å². The summed E-state index contributed by atoms with van der Waals surface area (Å²) in [5.74, 6) is 0. The summed E-state index contributed by atoms with van der Waals surface area (Å²) in [6.07, 6.45) is 0. The standard InChI is InChI=1S/C16H26P2/c1-11-12(2)17(11,5)15-9-7-8-10-16(15)18(6)13(3)14(18)4/h7-14H,1-6H3/q+2/t11-,12+,13-,14+,17?,18?. The molecular formula is C16H26P2+2. The normalized spacial score (nSPS) is 50.1. The predicted octanol–water partition coefficient (Wildman–Crippen LogP) is 3.81. The number of rotatable bonds is 2. The van der Waals surface area contributed by atoms with Crippen LogP contribution in [0, 0.1) is 0 Å². The zero-order valence-electron chi connectivity index (χ0n) is 12.5. The van der Waals surface area contributed by atoms with E-state index in [0.29, 0.717) is 0 Å². The summed E-state index contributed by atoms with van der Waals surface area (Å²) in [5.41, 5.74) is 3.82. The van der Waals surface area contributed by atoms with Crippen molar-refractivity contribution < 1.29 is 0 Å². The molecule has 2 fully saturated rings. The average molecular weight is 280 g/mol. The Hall–Kier alpha value is 0.0800. The summed E-state index contributed by atoms with van der Waals surface area (Å²) in [5, 5.41) is 3.58. The van der Waals surface area contributed by atoms with Crippen LogP contribution in [-0.2, 0) is 0 Å². The van der Waals surface area contributed by atoms with E-state index in [1.807, 2.05) is 0 Å². The molecule has 2 saturated heterocycles. The van der Waals surface area contributed by atoms with Gasteiger partial charge in [0.25, 0.3) is 0 Å². The maximum absolute atomic E-state index is 2.59. The van der Waals surface area contributed by atoms with Crippen LogP contribution in [0.15, 0.2) is 24.3 Å². The fourth-order valence-electron chi connectivity index (χ4n) is 3.89. The van der Waals surface area contributed by atoms with Crippen molar-refractivity contribution in [2.75, 3.05) is 13.3 Å². The first kappa shape index (κ1) is 13.1. The van der Waals surface area contributed by atoms with Crippen LogP contribution in [0.3, 0.4) is 0 Å². The van der Waals surface area contributed by atoms with Gasteiger partial charge in [0.15, 0.2) is 0 Å². The Kier molecular flexibility index (Phi) is 2.76. The maximum atomic E-state index is 2.59. The van der Waals surface area contributed by atoms with Crippen LogP contribution in [0.2, 0.25) is 0 Å². The van der Waals surface area contributed by atoms with Crippen molar-refractivity contribution in [3.63, 3.8) is 0 Å². The van der Waals surface area contributed by atoms with E-state index in [4.69, 9.17) is 0 Å². The molecule has 2 heteroatoms. The summed E-state index contributed by atoms with van der Waals surface area (Å²) in [4.78, 5) is 0. The van der Waals surface area contributed by atoms with Gasteiger partial charge in [0.05, 0.1) is 27.9 Å². The minimum atomic E-state index is -0.819. The molecule has 2 aliphatic heterocycles. The summed E-state index contributed by atoms with van der Waals surface area (Å²) < 4.78 is 0. The molecule has 0 bridgehead atoms. The molecule has 2 unspecified atom stereocenters. The van der Waals surface area contributed by atoms with Crippen molar-refractivity contribution in [2.24, 2.45) is 0 Å². The summed E-state index contributed by atoms with van der Waals surface area (Å²) in [7, 11) is -1.64. The minimum Gasteiger partial charge on any atom is -0.0581 e. The SMILES string of the molecule is C[C@@H]1[C@H](C)[P+]1(C)c1ccccc1[P+]1(C)[C@H](C)[C@@H]1C. The van der Waals surface area contributed by atoms with Crippen molar-refractivity contribution in [1.82, 2.24) is 0 Å². The maximum Gasteiger partial charge on any atom is 0.136 e. The molecule has 0 aromatic heterocycles. The van der Waals surface area contributed by atoms with E-state index in [1.54, 1.807) is 10.6 Å². The highest BCUT2D eigenvalue weighted by molar-refractivity contribution is 7.95. The molecule has 2 heterocycles. The number of benzene rings is 1. The summed E-state index contributed by atoms with van der Waals surface area (Å²) in [6, 6.07) is 9.47. The number of hydrogen-bond donors (Lipinski definition) is 0. The molecule has 0 nitrogen and oxygen atoms in total. The van der Waals surface area contributed by atoms with Crippen molar-refractivity contribution in [3.05, 3.63) is 24.3 Å². The van der Waals surface area contributed by atoms with E-state index in [9.17, 15) is 0 Å². The molecule has 0 amide bonds. The van der Waals surface area contributed by atoms with Gasteiger partial charge in [0.2, 0.25) is 0 Å². The van der Waals surface area contributed by atoms with Gasteiger partial charge >= 0.3 is 0 Å². The quantitative estimate of drug-likeness (QED) is 0.723. The van der Waals surface area contributed by atoms with Crippen LogP contribution in [-0.4, -0.2) is 36.0 Å². The smallest absolute Gasteiger partial charge is 0.0581 e. The molecule has 3 rings (SSSR count). The van der Waals surface area contributed by atoms with E-state index in [1.165, 1.54) is 0 Å². The zero-order chi connectivity index (χ0) is 13.3. The zero-order valence-corrected chi connectivity index (χ0v) is 14.3. The van der Waals surface area contributed by atoms with Gasteiger partial charge in [-0.05, 0) is 39.8 Å². The Bertz CT molecular complexity index is 433. The third-order valence-electron chi connectivity index (χ3n) is 6.52. The lowest BCUT2D eigenvalue weighted by Gasteiger charge is -2.12. The van der Waals surface area contributed by atoms with Crippen molar-refractivity contribution in [2.45, 2.75) is 50.3 Å². The van der Waals surface area contributed by atoms with E-state index in [2.05, 4.69) is 65.3 Å². The number of hydrogen-bond acceptors (Lipinski definition) is 0. The van der Waals surface area contributed by atoms with Gasteiger partial charge in [-0.3, -0.25) is 0 Å². The van der Waals surface area contributed by atoms with E-state index in [0.717, 1.165) is 22.6 Å². The first-order valence-corrected chi connectivity index (χ1v) is 11.9. The van der Waals surface area contributed by atoms with E-state index in [-0.39, 0.29) is 0 Å². The molecule has 1 aromatic carbocycles. The van der Waals surface area contributed by atoms with Gasteiger partial charge in [0, 0.05) is 0 Å². The highest BCUT2D eigenvalue weighted by Gasteiger charge is 2.73. The molecule has 98 valence electrons. The van der Waals surface area contributed by atoms with Crippen molar-refractivity contribution in [1.29, 1.82) is 0 Å². The van der Waals surface area contributed by atoms with Gasteiger partial charge in [-0.1, -0.05) is 12.1 Å². The molecule has 1 aromatic rings. The molecule has 0 N–H and O–H groups in total. The van der Waals surface area contributed by atoms with Gasteiger partial charge in [-0.25, -0.2) is 0 Å². The average Bonchev–Trinajstić information content (AvgIpc) is 3.08. The monoisotopic (exact) mass is 280 g/mol. The Morgan fingerprint density at radius 2 is 0.944 bits per heavy atom. The second kappa shape index (κ2) is 3.80. The van der Waals surface area contributed by atoms with Gasteiger partial charge < -0.3 is 0 Å². The first-order chi connectivity index (χ1) is 8.36. The second-order valence-corrected chi connectivity index (χ2v) is 15.6. The van der Waals surface area contributed by atoms with Crippen molar-refractivity contribution in [3.8, 4) is 0 Å². The second-order valence-electron chi connectivity index (χ2n) is 6.75. The van der Waals surface area contributed by atoms with E-state index < -0.39 is 14.5 Å². The fraction of sp³-hybridized carbons (Fsp3) is 0.625. The van der Waals surface area contributed by atoms with Crippen LogP contribution < -0.4 is 10.6 Å². The highest BCUT2D eigenvalue weighted by Crippen LogP contribution is 2.84. The first-order valence-electron chi connectivity index (χ1n) is 7.18. The molecule has 0 spiro atoms. The van der Waals surface area contributed by atoms with Gasteiger partial charge in [-0.15, -0.1) is 0 Å². The Balaban J connectivity index is 2.09. The molecule has 0 saturated carbocycles. The topological polar surface area (TPSA) is 0 Å². The molecule has 18 heavy (non-hydrogen) atoms. The van der Waals surface area contributed by atoms with Crippen LogP contribution in [0.4, 0.5) is 0 Å². The van der Waals surface area contributed by atoms with E-state index >= 15 is 0 Å². The minimum absolute atomic E-state index is 0.819. The predicted molar refractivity (Wildman–Crippen MR) is 89.2 cm³/mol. The summed E-state index contributed by atoms with van der Waals surface area (Å²) in [6.45, 7) is 15.1. The Morgan fingerprint density at radius 1 is 0.667 bits per heavy atom. The lowest BCUT2D eigenvalue weighted by atomic mass is 10.4. The molecule has 0 aliphatic carbocycles. The van der Waals surface area contributed by atoms with Gasteiger partial charge in [-0.2, -0.15) is 0 Å². The molecule has 0 radical (unpaired) electrons. The van der Waals surface area contributed by atoms with Crippen LogP contribution in [0.1, 0.15) is 27.7 Å². The Morgan fingerprint density at radius 3 is 1.17 bits per heavy atom. The van der Waals surface area contributed by atoms with Crippen LogP contribution in [0.25, 0.3) is 0 Å². The summed E-state index contributed by atoms with van der Waals surface area (Å²) >= 11 is 0. The lowest BCUT2D eigenvalue weighted by Crippen LogP contribution is -2.24. The molecule has 2 aliphatic rings. The molecular weight excluding hydrogens is 254 g/mol. The highest BCUT2D eigenvalue weighted by atomic mass is 31.2. The molecule has 6 atom stereocenters. The third kappa shape index (κ3) is 1.40. The largest absolute Gasteiger partial charge is 0.136 e. The lowest BCUT2D eigenvalue weighted by molar-refractivity contribution is 1.05. The van der Waals surface area contributed by atoms with Crippen LogP contribution in [0.5, 0.6) is 0 Å². The van der Waals surface area contributed by atoms with Gasteiger partial charge in [0.1, 0.15) is 33.2 Å². The van der Waals surface area contributed by atoms with Crippen LogP contribution >= 0.6 is 14.5 Å². The van der Waals surface area contributed by atoms with Crippen molar-refractivity contribution >= 4 is 25.1 Å².